The lowest BCUT2D eigenvalue weighted by Crippen LogP contribution is -2.54. The fourth-order valence-electron chi connectivity index (χ4n) is 5.29. The maximum atomic E-state index is 13.1. The molecule has 0 saturated carbocycles. The van der Waals surface area contributed by atoms with Crippen molar-refractivity contribution in [3.8, 4) is 17.2 Å². The van der Waals surface area contributed by atoms with E-state index in [1.54, 1.807) is 79.9 Å². The molecule has 47 heavy (non-hydrogen) atoms. The molecule has 0 aromatic heterocycles. The standard InChI is InChI=1S/C35H28N4O8/c1-46-23-11-13-24(14-12-23)47-29-5-3-2-4-27(29)37-32(42)21-8-6-20(7-9-21)19-36-31(41)22-10-15-25-26(18-22)35(45)39(34(25)44)28-16-17-30(40)38-33(28)43/h2-15,18,28H,16-17,19H2,1H3,(H,36,41)(H,37,42)(H,38,40,43). The molecule has 12 heteroatoms. The molecular formula is C35H28N4O8. The Morgan fingerprint density at radius 1 is 0.809 bits per heavy atom. The number of amides is 6. The van der Waals surface area contributed by atoms with Crippen LogP contribution in [0.15, 0.2) is 91.0 Å². The van der Waals surface area contributed by atoms with Crippen molar-refractivity contribution in [3.63, 3.8) is 0 Å². The molecule has 4 aromatic carbocycles. The molecular weight excluding hydrogens is 604 g/mol. The Labute approximate surface area is 268 Å². The van der Waals surface area contributed by atoms with E-state index in [0.717, 1.165) is 10.5 Å². The first-order valence-corrected chi connectivity index (χ1v) is 14.7. The maximum Gasteiger partial charge on any atom is 0.262 e. The first kappa shape index (κ1) is 30.7. The summed E-state index contributed by atoms with van der Waals surface area (Å²) in [6.45, 7) is 0.131. The number of nitrogens with zero attached hydrogens (tertiary/aromatic N) is 1. The third-order valence-electron chi connectivity index (χ3n) is 7.79. The summed E-state index contributed by atoms with van der Waals surface area (Å²) in [5.74, 6) is -1.61. The second-order valence-corrected chi connectivity index (χ2v) is 10.8. The van der Waals surface area contributed by atoms with E-state index in [4.69, 9.17) is 9.47 Å². The quantitative estimate of drug-likeness (QED) is 0.233. The van der Waals surface area contributed by atoms with E-state index >= 15 is 0 Å². The predicted molar refractivity (Wildman–Crippen MR) is 168 cm³/mol. The minimum absolute atomic E-state index is 0.0113. The van der Waals surface area contributed by atoms with Gasteiger partial charge in [-0.2, -0.15) is 0 Å². The molecule has 0 bridgehead atoms. The Morgan fingerprint density at radius 3 is 2.21 bits per heavy atom. The average molecular weight is 633 g/mol. The van der Waals surface area contributed by atoms with Crippen molar-refractivity contribution in [2.45, 2.75) is 25.4 Å². The van der Waals surface area contributed by atoms with Gasteiger partial charge < -0.3 is 20.1 Å². The normalized spacial score (nSPS) is 15.5. The van der Waals surface area contributed by atoms with E-state index in [-0.39, 0.29) is 42.0 Å². The van der Waals surface area contributed by atoms with Crippen LogP contribution in [-0.4, -0.2) is 53.5 Å². The number of anilines is 1. The van der Waals surface area contributed by atoms with Gasteiger partial charge in [-0.15, -0.1) is 0 Å². The van der Waals surface area contributed by atoms with Crippen LogP contribution in [0, 0.1) is 0 Å². The molecule has 2 aliphatic heterocycles. The highest BCUT2D eigenvalue weighted by Gasteiger charge is 2.44. The largest absolute Gasteiger partial charge is 0.497 e. The summed E-state index contributed by atoms with van der Waals surface area (Å²) in [5.41, 5.74) is 1.84. The van der Waals surface area contributed by atoms with E-state index < -0.39 is 35.6 Å². The van der Waals surface area contributed by atoms with Gasteiger partial charge in [0.25, 0.3) is 23.6 Å². The summed E-state index contributed by atoms with van der Waals surface area (Å²) in [5, 5.41) is 7.79. The highest BCUT2D eigenvalue weighted by atomic mass is 16.5. The van der Waals surface area contributed by atoms with E-state index in [1.807, 2.05) is 0 Å². The van der Waals surface area contributed by atoms with Gasteiger partial charge in [0.1, 0.15) is 17.5 Å². The first-order chi connectivity index (χ1) is 22.7. The molecule has 0 spiro atoms. The molecule has 0 aliphatic carbocycles. The van der Waals surface area contributed by atoms with Crippen molar-refractivity contribution in [2.75, 3.05) is 12.4 Å². The molecule has 236 valence electrons. The molecule has 1 fully saturated rings. The molecule has 6 amide bonds. The van der Waals surface area contributed by atoms with Crippen LogP contribution >= 0.6 is 0 Å². The SMILES string of the molecule is COc1ccc(Oc2ccccc2NC(=O)c2ccc(CNC(=O)c3ccc4c(c3)C(=O)N(C3CCC(=O)NC3=O)C4=O)cc2)cc1. The fraction of sp³-hybridized carbons (Fsp3) is 0.143. The zero-order chi connectivity index (χ0) is 33.1. The minimum Gasteiger partial charge on any atom is -0.497 e. The summed E-state index contributed by atoms with van der Waals surface area (Å²) >= 11 is 0. The van der Waals surface area contributed by atoms with Crippen molar-refractivity contribution in [1.29, 1.82) is 0 Å². The third-order valence-corrected chi connectivity index (χ3v) is 7.79. The molecule has 1 atom stereocenters. The molecule has 3 N–H and O–H groups in total. The zero-order valence-corrected chi connectivity index (χ0v) is 25.1. The van der Waals surface area contributed by atoms with E-state index in [1.165, 1.54) is 18.2 Å². The highest BCUT2D eigenvalue weighted by Crippen LogP contribution is 2.31. The fourth-order valence-corrected chi connectivity index (χ4v) is 5.29. The van der Waals surface area contributed by atoms with E-state index in [0.29, 0.717) is 28.5 Å². The molecule has 2 aliphatic rings. The number of imide groups is 2. The van der Waals surface area contributed by atoms with Gasteiger partial charge in [0.05, 0.1) is 23.9 Å². The number of hydrogen-bond donors (Lipinski definition) is 3. The molecule has 12 nitrogen and oxygen atoms in total. The van der Waals surface area contributed by atoms with Gasteiger partial charge in [0.15, 0.2) is 5.75 Å². The van der Waals surface area contributed by atoms with E-state index in [9.17, 15) is 28.8 Å². The van der Waals surface area contributed by atoms with Crippen LogP contribution in [-0.2, 0) is 16.1 Å². The Bertz CT molecular complexity index is 1920. The number of nitrogens with one attached hydrogen (secondary N) is 3. The number of ether oxygens (including phenoxy) is 2. The summed E-state index contributed by atoms with van der Waals surface area (Å²) in [7, 11) is 1.58. The van der Waals surface area contributed by atoms with Gasteiger partial charge in [0.2, 0.25) is 11.8 Å². The van der Waals surface area contributed by atoms with Crippen molar-refractivity contribution in [3.05, 3.63) is 119 Å². The van der Waals surface area contributed by atoms with Crippen molar-refractivity contribution in [2.24, 2.45) is 0 Å². The monoisotopic (exact) mass is 632 g/mol. The van der Waals surface area contributed by atoms with Crippen molar-refractivity contribution < 1.29 is 38.2 Å². The summed E-state index contributed by atoms with van der Waals surface area (Å²) < 4.78 is 11.1. The lowest BCUT2D eigenvalue weighted by atomic mass is 10.0. The Morgan fingerprint density at radius 2 is 1.49 bits per heavy atom. The highest BCUT2D eigenvalue weighted by molar-refractivity contribution is 6.24. The van der Waals surface area contributed by atoms with Crippen LogP contribution < -0.4 is 25.4 Å². The number of rotatable bonds is 9. The number of para-hydroxylation sites is 2. The summed E-state index contributed by atoms with van der Waals surface area (Å²) in [6.07, 6.45) is 0.0492. The van der Waals surface area contributed by atoms with Gasteiger partial charge in [-0.1, -0.05) is 24.3 Å². The van der Waals surface area contributed by atoms with Gasteiger partial charge in [-0.25, -0.2) is 0 Å². The van der Waals surface area contributed by atoms with Gasteiger partial charge in [-0.05, 0) is 78.7 Å². The van der Waals surface area contributed by atoms with Crippen LogP contribution in [0.4, 0.5) is 5.69 Å². The molecule has 6 rings (SSSR count). The number of piperidine rings is 1. The van der Waals surface area contributed by atoms with Crippen LogP contribution in [0.5, 0.6) is 17.2 Å². The lowest BCUT2D eigenvalue weighted by molar-refractivity contribution is -0.136. The second kappa shape index (κ2) is 13.0. The number of methoxy groups -OCH3 is 1. The van der Waals surface area contributed by atoms with Gasteiger partial charge in [-0.3, -0.25) is 39.0 Å². The summed E-state index contributed by atoms with van der Waals surface area (Å²) in [4.78, 5) is 76.6. The maximum absolute atomic E-state index is 13.1. The minimum atomic E-state index is -1.09. The Hall–Kier alpha value is -6.30. The van der Waals surface area contributed by atoms with Gasteiger partial charge in [0, 0.05) is 24.1 Å². The van der Waals surface area contributed by atoms with Crippen LogP contribution in [0.25, 0.3) is 0 Å². The van der Waals surface area contributed by atoms with Crippen molar-refractivity contribution >= 4 is 41.1 Å². The molecule has 0 radical (unpaired) electrons. The van der Waals surface area contributed by atoms with Crippen LogP contribution in [0.2, 0.25) is 0 Å². The predicted octanol–water partition coefficient (Wildman–Crippen LogP) is 4.07. The van der Waals surface area contributed by atoms with Gasteiger partial charge >= 0.3 is 0 Å². The Kier molecular flexibility index (Phi) is 8.48. The molecule has 1 unspecified atom stereocenters. The summed E-state index contributed by atoms with van der Waals surface area (Å²) in [6, 6.07) is 23.8. The lowest BCUT2D eigenvalue weighted by Gasteiger charge is -2.27. The number of carbonyl (C=O) groups excluding carboxylic acids is 6. The van der Waals surface area contributed by atoms with E-state index in [2.05, 4.69) is 16.0 Å². The molecule has 1 saturated heterocycles. The van der Waals surface area contributed by atoms with Crippen LogP contribution in [0.1, 0.15) is 59.8 Å². The average Bonchev–Trinajstić information content (AvgIpc) is 3.33. The number of hydrogen-bond acceptors (Lipinski definition) is 8. The van der Waals surface area contributed by atoms with Crippen molar-refractivity contribution in [1.82, 2.24) is 15.5 Å². The third kappa shape index (κ3) is 6.43. The zero-order valence-electron chi connectivity index (χ0n) is 25.1. The van der Waals surface area contributed by atoms with Crippen LogP contribution in [0.3, 0.4) is 0 Å². The Balaban J connectivity index is 1.06. The molecule has 2 heterocycles. The molecule has 4 aromatic rings. The second-order valence-electron chi connectivity index (χ2n) is 10.8. The topological polar surface area (TPSA) is 160 Å². The first-order valence-electron chi connectivity index (χ1n) is 14.7. The number of benzene rings is 4. The number of carbonyl (C=O) groups is 6. The smallest absolute Gasteiger partial charge is 0.262 e. The number of fused-ring (bicyclic) bond motifs is 1.